The lowest BCUT2D eigenvalue weighted by Gasteiger charge is -2.50. The van der Waals surface area contributed by atoms with E-state index in [1.54, 1.807) is 61.6 Å². The van der Waals surface area contributed by atoms with Gasteiger partial charge in [-0.25, -0.2) is 9.18 Å². The Kier molecular flexibility index (Phi) is 9.35. The second kappa shape index (κ2) is 12.7. The number of benzene rings is 2. The zero-order valence-electron chi connectivity index (χ0n) is 23.1. The summed E-state index contributed by atoms with van der Waals surface area (Å²) in [4.78, 5) is 42.8. The maximum Gasteiger partial charge on any atom is 0.327 e. The lowest BCUT2D eigenvalue weighted by molar-refractivity contribution is -0.152. The van der Waals surface area contributed by atoms with E-state index in [-0.39, 0.29) is 37.1 Å². The van der Waals surface area contributed by atoms with Gasteiger partial charge in [0.1, 0.15) is 5.82 Å². The van der Waals surface area contributed by atoms with E-state index in [0.717, 1.165) is 6.42 Å². The highest BCUT2D eigenvalue weighted by Crippen LogP contribution is 2.38. The molecule has 4 amide bonds. The third-order valence-corrected chi connectivity index (χ3v) is 7.77. The van der Waals surface area contributed by atoms with Gasteiger partial charge in [-0.3, -0.25) is 14.5 Å². The molecule has 39 heavy (non-hydrogen) atoms. The van der Waals surface area contributed by atoms with Gasteiger partial charge in [0.15, 0.2) is 0 Å². The number of halogens is 1. The average Bonchev–Trinajstić information content (AvgIpc) is 2.93. The Labute approximate surface area is 229 Å². The van der Waals surface area contributed by atoms with Gasteiger partial charge in [0.05, 0.1) is 31.2 Å². The van der Waals surface area contributed by atoms with Gasteiger partial charge in [0, 0.05) is 37.9 Å². The molecule has 1 N–H and O–H groups in total. The Morgan fingerprint density at radius 3 is 2.31 bits per heavy atom. The van der Waals surface area contributed by atoms with Gasteiger partial charge < -0.3 is 19.7 Å². The van der Waals surface area contributed by atoms with Crippen LogP contribution >= 0.6 is 0 Å². The monoisotopic (exact) mass is 539 g/mol. The van der Waals surface area contributed by atoms with Crippen molar-refractivity contribution >= 4 is 17.8 Å². The van der Waals surface area contributed by atoms with Crippen LogP contribution in [-0.2, 0) is 27.4 Å². The zero-order chi connectivity index (χ0) is 28.1. The van der Waals surface area contributed by atoms with Gasteiger partial charge in [-0.2, -0.15) is 0 Å². The molecule has 8 nitrogen and oxygen atoms in total. The van der Waals surface area contributed by atoms with E-state index in [1.165, 1.54) is 11.0 Å². The molecule has 9 heteroatoms. The lowest BCUT2D eigenvalue weighted by atomic mass is 9.77. The van der Waals surface area contributed by atoms with Gasteiger partial charge in [-0.05, 0) is 48.9 Å². The number of ether oxygens (including phenoxy) is 2. The summed E-state index contributed by atoms with van der Waals surface area (Å²) in [5.41, 5.74) is 1.61. The van der Waals surface area contributed by atoms with E-state index in [4.69, 9.17) is 9.47 Å². The molecular formula is C30H38FN3O5. The quantitative estimate of drug-likeness (QED) is 0.484. The maximum atomic E-state index is 14.6. The van der Waals surface area contributed by atoms with E-state index in [2.05, 4.69) is 19.2 Å². The summed E-state index contributed by atoms with van der Waals surface area (Å²) in [6, 6.07) is 12.4. The summed E-state index contributed by atoms with van der Waals surface area (Å²) in [5.74, 6) is -0.847. The maximum absolute atomic E-state index is 14.6. The largest absolute Gasteiger partial charge is 0.379 e. The fraction of sp³-hybridized carbons (Fsp3) is 0.500. The van der Waals surface area contributed by atoms with Crippen molar-refractivity contribution in [2.24, 2.45) is 11.8 Å². The number of urea groups is 1. The number of amides is 4. The van der Waals surface area contributed by atoms with Gasteiger partial charge in [-0.1, -0.05) is 44.2 Å². The molecule has 4 atom stereocenters. The van der Waals surface area contributed by atoms with E-state index in [1.807, 2.05) is 0 Å². The van der Waals surface area contributed by atoms with Crippen molar-refractivity contribution in [2.75, 3.05) is 20.8 Å². The van der Waals surface area contributed by atoms with Crippen LogP contribution in [0, 0.1) is 17.7 Å². The molecule has 1 saturated heterocycles. The van der Waals surface area contributed by atoms with Crippen molar-refractivity contribution in [1.29, 1.82) is 0 Å². The molecule has 0 spiro atoms. The summed E-state index contributed by atoms with van der Waals surface area (Å²) < 4.78 is 25.9. The molecule has 2 fully saturated rings. The Hall–Kier alpha value is -3.30. The molecule has 2 aromatic carbocycles. The smallest absolute Gasteiger partial charge is 0.327 e. The molecule has 4 unspecified atom stereocenters. The van der Waals surface area contributed by atoms with Crippen LogP contribution in [0.3, 0.4) is 0 Å². The molecule has 2 aromatic rings. The van der Waals surface area contributed by atoms with Crippen LogP contribution in [-0.4, -0.2) is 66.7 Å². The third-order valence-electron chi connectivity index (χ3n) is 7.77. The predicted octanol–water partition coefficient (Wildman–Crippen LogP) is 4.37. The summed E-state index contributed by atoms with van der Waals surface area (Å²) in [7, 11) is 3.18. The van der Waals surface area contributed by atoms with Crippen LogP contribution in [0.1, 0.15) is 54.6 Å². The van der Waals surface area contributed by atoms with Crippen molar-refractivity contribution in [3.63, 3.8) is 0 Å². The first-order valence-electron chi connectivity index (χ1n) is 13.5. The Morgan fingerprint density at radius 1 is 1.00 bits per heavy atom. The highest BCUT2D eigenvalue weighted by molar-refractivity contribution is 5.99. The number of imide groups is 1. The molecule has 0 radical (unpaired) electrons. The molecule has 210 valence electrons. The van der Waals surface area contributed by atoms with Crippen LogP contribution < -0.4 is 5.32 Å². The fourth-order valence-electron chi connectivity index (χ4n) is 5.47. The number of hydrogen-bond acceptors (Lipinski definition) is 5. The molecule has 1 aliphatic heterocycles. The van der Waals surface area contributed by atoms with Gasteiger partial charge >= 0.3 is 6.03 Å². The van der Waals surface area contributed by atoms with Crippen LogP contribution in [0.5, 0.6) is 0 Å². The number of hydrogen-bond donors (Lipinski definition) is 1. The minimum atomic E-state index is -0.503. The molecule has 0 aromatic heterocycles. The van der Waals surface area contributed by atoms with Crippen LogP contribution in [0.15, 0.2) is 48.5 Å². The molecule has 0 bridgehead atoms. The van der Waals surface area contributed by atoms with Crippen molar-refractivity contribution in [1.82, 2.24) is 15.1 Å². The SMILES string of the molecule is COC1CC2C(=O)N(Cc3ccc(C(=O)NCCC(C)C)cc3)C(=O)N(Cc3ccccc3F)C2CC1OC. The Bertz CT molecular complexity index is 1170. The van der Waals surface area contributed by atoms with Gasteiger partial charge in [0.25, 0.3) is 5.91 Å². The molecule has 1 heterocycles. The van der Waals surface area contributed by atoms with E-state index < -0.39 is 23.8 Å². The fourth-order valence-corrected chi connectivity index (χ4v) is 5.47. The zero-order valence-corrected chi connectivity index (χ0v) is 23.1. The third kappa shape index (κ3) is 6.47. The van der Waals surface area contributed by atoms with Crippen LogP contribution in [0.25, 0.3) is 0 Å². The van der Waals surface area contributed by atoms with Crippen LogP contribution in [0.2, 0.25) is 0 Å². The number of nitrogens with zero attached hydrogens (tertiary/aromatic N) is 2. The van der Waals surface area contributed by atoms with E-state index in [0.29, 0.717) is 42.0 Å². The second-order valence-corrected chi connectivity index (χ2v) is 10.8. The summed E-state index contributed by atoms with van der Waals surface area (Å²) >= 11 is 0. The highest BCUT2D eigenvalue weighted by Gasteiger charge is 2.51. The first kappa shape index (κ1) is 28.7. The number of nitrogens with one attached hydrogen (secondary N) is 1. The molecule has 1 saturated carbocycles. The van der Waals surface area contributed by atoms with Crippen molar-refractivity contribution in [2.45, 2.75) is 64.4 Å². The minimum absolute atomic E-state index is 0.0417. The van der Waals surface area contributed by atoms with Crippen molar-refractivity contribution in [3.8, 4) is 0 Å². The second-order valence-electron chi connectivity index (χ2n) is 10.8. The van der Waals surface area contributed by atoms with Gasteiger partial charge in [0.2, 0.25) is 5.91 Å². The Balaban J connectivity index is 1.55. The topological polar surface area (TPSA) is 88.2 Å². The number of carbonyl (C=O) groups is 3. The predicted molar refractivity (Wildman–Crippen MR) is 144 cm³/mol. The average molecular weight is 540 g/mol. The van der Waals surface area contributed by atoms with Crippen LogP contribution in [0.4, 0.5) is 9.18 Å². The summed E-state index contributed by atoms with van der Waals surface area (Å²) in [6.07, 6.45) is 1.12. The Morgan fingerprint density at radius 2 is 1.67 bits per heavy atom. The molecule has 1 aliphatic carbocycles. The van der Waals surface area contributed by atoms with Gasteiger partial charge in [-0.15, -0.1) is 0 Å². The highest BCUT2D eigenvalue weighted by atomic mass is 19.1. The minimum Gasteiger partial charge on any atom is -0.379 e. The number of methoxy groups -OCH3 is 2. The first-order valence-corrected chi connectivity index (χ1v) is 13.5. The number of fused-ring (bicyclic) bond motifs is 1. The summed E-state index contributed by atoms with van der Waals surface area (Å²) in [6.45, 7) is 4.89. The standard InChI is InChI=1S/C30H38FN3O5/c1-19(2)13-14-32-28(35)21-11-9-20(10-12-21)17-34-29(36)23-15-26(38-3)27(39-4)16-25(23)33(30(34)37)18-22-7-5-6-8-24(22)31/h5-12,19,23,25-27H,13-18H2,1-4H3,(H,32,35). The molecule has 4 rings (SSSR count). The normalized spacial score (nSPS) is 23.2. The first-order chi connectivity index (χ1) is 18.7. The van der Waals surface area contributed by atoms with E-state index >= 15 is 0 Å². The van der Waals surface area contributed by atoms with Crippen molar-refractivity contribution in [3.05, 3.63) is 71.0 Å². The molecule has 2 aliphatic rings. The summed E-state index contributed by atoms with van der Waals surface area (Å²) in [5, 5.41) is 2.91. The number of rotatable bonds is 10. The van der Waals surface area contributed by atoms with E-state index in [9.17, 15) is 18.8 Å². The van der Waals surface area contributed by atoms with Crippen molar-refractivity contribution < 1.29 is 28.2 Å². The molecular weight excluding hydrogens is 501 g/mol. The number of carbonyl (C=O) groups excluding carboxylic acids is 3. The lowest BCUT2D eigenvalue weighted by Crippen LogP contribution is -2.64.